The molecular weight excluding hydrogens is 150 g/mol. The molecule has 2 atom stereocenters. The normalized spacial score (nSPS) is 27.8. The minimum absolute atomic E-state index is 0.391. The molecule has 0 spiro atoms. The van der Waals surface area contributed by atoms with Crippen LogP contribution >= 0.6 is 0 Å². The second kappa shape index (κ2) is 4.80. The van der Waals surface area contributed by atoms with Crippen LogP contribution in [0.25, 0.3) is 0 Å². The third kappa shape index (κ3) is 2.73. The van der Waals surface area contributed by atoms with E-state index in [0.717, 1.165) is 18.9 Å². The van der Waals surface area contributed by atoms with Crippen LogP contribution in [-0.4, -0.2) is 44.7 Å². The number of hydrogen-bond donors (Lipinski definition) is 2. The second-order valence-corrected chi connectivity index (χ2v) is 3.87. The molecule has 0 aromatic carbocycles. The molecule has 0 bridgehead atoms. The van der Waals surface area contributed by atoms with Crippen molar-refractivity contribution in [2.45, 2.75) is 18.9 Å². The molecule has 1 saturated heterocycles. The van der Waals surface area contributed by atoms with E-state index in [1.165, 1.54) is 19.5 Å². The summed E-state index contributed by atoms with van der Waals surface area (Å²) in [5.41, 5.74) is 6.06. The summed E-state index contributed by atoms with van der Waals surface area (Å²) in [7, 11) is 4.15. The van der Waals surface area contributed by atoms with Crippen molar-refractivity contribution in [3.8, 4) is 0 Å². The summed E-state index contributed by atoms with van der Waals surface area (Å²) in [6.07, 6.45) is 2.39. The van der Waals surface area contributed by atoms with E-state index in [9.17, 15) is 0 Å². The third-order valence-corrected chi connectivity index (χ3v) is 2.76. The number of nitrogens with zero attached hydrogens (tertiary/aromatic N) is 1. The lowest BCUT2D eigenvalue weighted by molar-refractivity contribution is 0.360. The Hall–Kier alpha value is -0.120. The van der Waals surface area contributed by atoms with E-state index < -0.39 is 0 Å². The first-order valence-corrected chi connectivity index (χ1v) is 4.82. The van der Waals surface area contributed by atoms with Crippen molar-refractivity contribution in [2.24, 2.45) is 11.7 Å². The number of hydrogen-bond acceptors (Lipinski definition) is 3. The lowest BCUT2D eigenvalue weighted by Gasteiger charge is -2.18. The highest BCUT2D eigenvalue weighted by Crippen LogP contribution is 2.18. The molecule has 1 fully saturated rings. The first-order valence-electron chi connectivity index (χ1n) is 4.82. The van der Waals surface area contributed by atoms with Crippen LogP contribution in [0.4, 0.5) is 0 Å². The fourth-order valence-electron chi connectivity index (χ4n) is 1.87. The van der Waals surface area contributed by atoms with Gasteiger partial charge in [0.1, 0.15) is 0 Å². The Kier molecular flexibility index (Phi) is 3.98. The quantitative estimate of drug-likeness (QED) is 0.619. The Morgan fingerprint density at radius 1 is 1.67 bits per heavy atom. The van der Waals surface area contributed by atoms with Crippen LogP contribution < -0.4 is 11.1 Å². The van der Waals surface area contributed by atoms with Crippen molar-refractivity contribution >= 4 is 0 Å². The van der Waals surface area contributed by atoms with Gasteiger partial charge in [0, 0.05) is 12.6 Å². The topological polar surface area (TPSA) is 41.3 Å². The molecule has 3 heteroatoms. The van der Waals surface area contributed by atoms with Gasteiger partial charge in [-0.15, -0.1) is 0 Å². The first-order chi connectivity index (χ1) is 5.74. The lowest BCUT2D eigenvalue weighted by Crippen LogP contribution is -2.34. The molecule has 1 rings (SSSR count). The zero-order valence-electron chi connectivity index (χ0n) is 8.21. The first kappa shape index (κ1) is 9.96. The van der Waals surface area contributed by atoms with Crippen molar-refractivity contribution in [2.75, 3.05) is 33.7 Å². The van der Waals surface area contributed by atoms with E-state index >= 15 is 0 Å². The summed E-state index contributed by atoms with van der Waals surface area (Å²) < 4.78 is 0. The summed E-state index contributed by atoms with van der Waals surface area (Å²) in [5.74, 6) is 0.725. The summed E-state index contributed by atoms with van der Waals surface area (Å²) in [6, 6.07) is 0.391. The van der Waals surface area contributed by atoms with Gasteiger partial charge in [-0.3, -0.25) is 0 Å². The standard InChI is InChI=1S/C9H21N3/c1-11-5-3-9(10)8-4-6-12(2)7-8/h8-9,11H,3-7,10H2,1-2H3. The molecule has 0 saturated carbocycles. The maximum atomic E-state index is 6.06. The zero-order chi connectivity index (χ0) is 8.97. The maximum absolute atomic E-state index is 6.06. The van der Waals surface area contributed by atoms with E-state index in [4.69, 9.17) is 5.73 Å². The highest BCUT2D eigenvalue weighted by Gasteiger charge is 2.24. The van der Waals surface area contributed by atoms with Crippen LogP contribution in [0.1, 0.15) is 12.8 Å². The molecule has 1 heterocycles. The summed E-state index contributed by atoms with van der Waals surface area (Å²) in [5, 5.41) is 3.14. The minimum Gasteiger partial charge on any atom is -0.327 e. The molecular formula is C9H21N3. The van der Waals surface area contributed by atoms with Gasteiger partial charge in [0.05, 0.1) is 0 Å². The van der Waals surface area contributed by atoms with Crippen molar-refractivity contribution in [1.82, 2.24) is 10.2 Å². The van der Waals surface area contributed by atoms with Gasteiger partial charge in [0.15, 0.2) is 0 Å². The van der Waals surface area contributed by atoms with E-state index in [2.05, 4.69) is 17.3 Å². The summed E-state index contributed by atoms with van der Waals surface area (Å²) in [4.78, 5) is 2.36. The average molecular weight is 171 g/mol. The zero-order valence-corrected chi connectivity index (χ0v) is 8.21. The van der Waals surface area contributed by atoms with E-state index in [-0.39, 0.29) is 0 Å². The molecule has 2 unspecified atom stereocenters. The highest BCUT2D eigenvalue weighted by atomic mass is 15.1. The van der Waals surface area contributed by atoms with Gasteiger partial charge in [0.25, 0.3) is 0 Å². The van der Waals surface area contributed by atoms with Gasteiger partial charge in [0.2, 0.25) is 0 Å². The van der Waals surface area contributed by atoms with Crippen LogP contribution in [0.5, 0.6) is 0 Å². The van der Waals surface area contributed by atoms with Crippen molar-refractivity contribution < 1.29 is 0 Å². The second-order valence-electron chi connectivity index (χ2n) is 3.87. The minimum atomic E-state index is 0.391. The number of likely N-dealkylation sites (tertiary alicyclic amines) is 1. The molecule has 0 aromatic rings. The Balaban J connectivity index is 2.18. The Bertz CT molecular complexity index is 127. The molecule has 0 aromatic heterocycles. The van der Waals surface area contributed by atoms with Crippen molar-refractivity contribution in [1.29, 1.82) is 0 Å². The molecule has 0 amide bonds. The van der Waals surface area contributed by atoms with Crippen molar-refractivity contribution in [3.63, 3.8) is 0 Å². The predicted octanol–water partition coefficient (Wildman–Crippen LogP) is -0.125. The van der Waals surface area contributed by atoms with Gasteiger partial charge < -0.3 is 16.0 Å². The van der Waals surface area contributed by atoms with E-state index in [1.807, 2.05) is 7.05 Å². The van der Waals surface area contributed by atoms with E-state index in [0.29, 0.717) is 6.04 Å². The van der Waals surface area contributed by atoms with Gasteiger partial charge in [-0.05, 0) is 45.9 Å². The van der Waals surface area contributed by atoms with E-state index in [1.54, 1.807) is 0 Å². The Morgan fingerprint density at radius 2 is 2.42 bits per heavy atom. The summed E-state index contributed by atoms with van der Waals surface area (Å²) in [6.45, 7) is 3.45. The van der Waals surface area contributed by atoms with Gasteiger partial charge in [-0.25, -0.2) is 0 Å². The smallest absolute Gasteiger partial charge is 0.00919 e. The fraction of sp³-hybridized carbons (Fsp3) is 1.00. The largest absolute Gasteiger partial charge is 0.327 e. The molecule has 3 nitrogen and oxygen atoms in total. The summed E-state index contributed by atoms with van der Waals surface area (Å²) >= 11 is 0. The Labute approximate surface area is 75.3 Å². The van der Waals surface area contributed by atoms with Gasteiger partial charge in [-0.2, -0.15) is 0 Å². The van der Waals surface area contributed by atoms with Crippen LogP contribution in [0, 0.1) is 5.92 Å². The van der Waals surface area contributed by atoms with Gasteiger partial charge in [-0.1, -0.05) is 0 Å². The van der Waals surface area contributed by atoms with Crippen LogP contribution in [0.2, 0.25) is 0 Å². The van der Waals surface area contributed by atoms with Crippen LogP contribution in [0.3, 0.4) is 0 Å². The molecule has 1 aliphatic rings. The number of nitrogens with two attached hydrogens (primary N) is 1. The van der Waals surface area contributed by atoms with Gasteiger partial charge >= 0.3 is 0 Å². The lowest BCUT2D eigenvalue weighted by atomic mass is 9.97. The molecule has 1 aliphatic heterocycles. The number of nitrogens with one attached hydrogen (secondary N) is 1. The average Bonchev–Trinajstić information content (AvgIpc) is 2.47. The molecule has 3 N–H and O–H groups in total. The predicted molar refractivity (Wildman–Crippen MR) is 52.1 cm³/mol. The molecule has 0 radical (unpaired) electrons. The van der Waals surface area contributed by atoms with Crippen LogP contribution in [0.15, 0.2) is 0 Å². The third-order valence-electron chi connectivity index (χ3n) is 2.76. The fourth-order valence-corrected chi connectivity index (χ4v) is 1.87. The molecule has 0 aliphatic carbocycles. The van der Waals surface area contributed by atoms with Crippen LogP contribution in [-0.2, 0) is 0 Å². The SMILES string of the molecule is CNCCC(N)C1CCN(C)C1. The highest BCUT2D eigenvalue weighted by molar-refractivity contribution is 4.81. The maximum Gasteiger partial charge on any atom is 0.00919 e. The van der Waals surface area contributed by atoms with Crippen molar-refractivity contribution in [3.05, 3.63) is 0 Å². The molecule has 12 heavy (non-hydrogen) atoms. The molecule has 72 valence electrons. The number of rotatable bonds is 4. The Morgan fingerprint density at radius 3 is 2.92 bits per heavy atom. The monoisotopic (exact) mass is 171 g/mol.